The number of oxazole rings is 1. The van der Waals surface area contributed by atoms with Gasteiger partial charge in [0.15, 0.2) is 0 Å². The van der Waals surface area contributed by atoms with Crippen molar-refractivity contribution in [1.29, 1.82) is 0 Å². The highest BCUT2D eigenvalue weighted by Gasteiger charge is 2.23. The maximum Gasteiger partial charge on any atom is 0.226 e. The second-order valence-corrected chi connectivity index (χ2v) is 5.82. The lowest BCUT2D eigenvalue weighted by Crippen LogP contribution is -2.44. The summed E-state index contributed by atoms with van der Waals surface area (Å²) in [6.45, 7) is 6.85. The normalized spacial score (nSPS) is 22.7. The summed E-state index contributed by atoms with van der Waals surface area (Å²) in [5.74, 6) is 1.47. The molecule has 0 N–H and O–H groups in total. The Bertz CT molecular complexity index is 599. The highest BCUT2D eigenvalue weighted by molar-refractivity contribution is 5.54. The van der Waals surface area contributed by atoms with Gasteiger partial charge in [0.05, 0.1) is 25.0 Å². The summed E-state index contributed by atoms with van der Waals surface area (Å²) in [7, 11) is 1.66. The molecule has 0 unspecified atom stereocenters. The van der Waals surface area contributed by atoms with Gasteiger partial charge in [-0.05, 0) is 38.1 Å². The summed E-state index contributed by atoms with van der Waals surface area (Å²) in [5, 5.41) is 0. The molecular weight excluding hydrogens is 280 g/mol. The second-order valence-electron chi connectivity index (χ2n) is 5.82. The first kappa shape index (κ1) is 15.1. The number of nitrogens with zero attached hydrogens (tertiary/aromatic N) is 2. The molecule has 0 saturated carbocycles. The molecule has 1 aromatic heterocycles. The SMILES string of the molecule is COc1ccc(-c2nc(CN3C[C@@H](C)O[C@H](C)C3)co2)cc1. The van der Waals surface area contributed by atoms with Gasteiger partial charge in [-0.3, -0.25) is 4.90 Å². The molecule has 3 rings (SSSR count). The third kappa shape index (κ3) is 3.48. The van der Waals surface area contributed by atoms with Gasteiger partial charge in [-0.2, -0.15) is 0 Å². The molecule has 1 saturated heterocycles. The van der Waals surface area contributed by atoms with Crippen LogP contribution in [0.15, 0.2) is 34.9 Å². The number of aromatic nitrogens is 1. The van der Waals surface area contributed by atoms with Gasteiger partial charge in [-0.25, -0.2) is 4.98 Å². The molecule has 118 valence electrons. The zero-order valence-corrected chi connectivity index (χ0v) is 13.3. The lowest BCUT2D eigenvalue weighted by Gasteiger charge is -2.34. The summed E-state index contributed by atoms with van der Waals surface area (Å²) in [6.07, 6.45) is 2.26. The topological polar surface area (TPSA) is 47.7 Å². The predicted octanol–water partition coefficient (Wildman–Crippen LogP) is 2.96. The van der Waals surface area contributed by atoms with Crippen molar-refractivity contribution < 1.29 is 13.9 Å². The summed E-state index contributed by atoms with van der Waals surface area (Å²) in [5.41, 5.74) is 1.91. The number of hydrogen-bond donors (Lipinski definition) is 0. The average molecular weight is 302 g/mol. The molecular formula is C17H22N2O3. The lowest BCUT2D eigenvalue weighted by molar-refractivity contribution is -0.0707. The Balaban J connectivity index is 1.68. The molecule has 0 spiro atoms. The van der Waals surface area contributed by atoms with Crippen LogP contribution in [0.4, 0.5) is 0 Å². The van der Waals surface area contributed by atoms with E-state index in [9.17, 15) is 0 Å². The number of morpholine rings is 1. The molecule has 1 fully saturated rings. The Morgan fingerprint density at radius 1 is 1.18 bits per heavy atom. The quantitative estimate of drug-likeness (QED) is 0.869. The maximum absolute atomic E-state index is 5.75. The van der Waals surface area contributed by atoms with Crippen LogP contribution < -0.4 is 4.74 Å². The van der Waals surface area contributed by atoms with Crippen LogP contribution in [-0.4, -0.2) is 42.3 Å². The van der Waals surface area contributed by atoms with Gasteiger partial charge >= 0.3 is 0 Å². The van der Waals surface area contributed by atoms with Crippen molar-refractivity contribution in [3.05, 3.63) is 36.2 Å². The van der Waals surface area contributed by atoms with Crippen molar-refractivity contribution in [2.75, 3.05) is 20.2 Å². The molecule has 1 aliphatic heterocycles. The summed E-state index contributed by atoms with van der Waals surface area (Å²) in [6, 6.07) is 7.72. The summed E-state index contributed by atoms with van der Waals surface area (Å²) >= 11 is 0. The molecule has 5 heteroatoms. The van der Waals surface area contributed by atoms with E-state index in [4.69, 9.17) is 13.9 Å². The fraction of sp³-hybridized carbons (Fsp3) is 0.471. The van der Waals surface area contributed by atoms with Crippen molar-refractivity contribution in [1.82, 2.24) is 9.88 Å². The van der Waals surface area contributed by atoms with E-state index in [1.165, 1.54) is 0 Å². The van der Waals surface area contributed by atoms with Crippen LogP contribution in [0.1, 0.15) is 19.5 Å². The summed E-state index contributed by atoms with van der Waals surface area (Å²) < 4.78 is 16.5. The first-order chi connectivity index (χ1) is 10.6. The zero-order valence-electron chi connectivity index (χ0n) is 13.3. The molecule has 22 heavy (non-hydrogen) atoms. The molecule has 0 bridgehead atoms. The number of ether oxygens (including phenoxy) is 2. The largest absolute Gasteiger partial charge is 0.497 e. The zero-order chi connectivity index (χ0) is 15.5. The second kappa shape index (κ2) is 6.50. The monoisotopic (exact) mass is 302 g/mol. The molecule has 0 aliphatic carbocycles. The number of hydrogen-bond acceptors (Lipinski definition) is 5. The fourth-order valence-corrected chi connectivity index (χ4v) is 2.89. The first-order valence-electron chi connectivity index (χ1n) is 7.60. The Labute approximate surface area is 130 Å². The van der Waals surface area contributed by atoms with Crippen LogP contribution in [0.25, 0.3) is 11.5 Å². The minimum Gasteiger partial charge on any atom is -0.497 e. The molecule has 0 radical (unpaired) electrons. The van der Waals surface area contributed by atoms with E-state index in [1.807, 2.05) is 24.3 Å². The standard InChI is InChI=1S/C17H22N2O3/c1-12-8-19(9-13(2)22-12)10-15-11-21-17(18-15)14-4-6-16(20-3)7-5-14/h4-7,11-13H,8-10H2,1-3H3/t12-,13-/m1/s1. The van der Waals surface area contributed by atoms with E-state index >= 15 is 0 Å². The Hall–Kier alpha value is -1.85. The first-order valence-corrected chi connectivity index (χ1v) is 7.60. The minimum absolute atomic E-state index is 0.261. The van der Waals surface area contributed by atoms with E-state index in [2.05, 4.69) is 23.7 Å². The van der Waals surface area contributed by atoms with Crippen LogP contribution in [0.2, 0.25) is 0 Å². The third-order valence-electron chi connectivity index (χ3n) is 3.77. The highest BCUT2D eigenvalue weighted by atomic mass is 16.5. The van der Waals surface area contributed by atoms with Gasteiger partial charge in [0.25, 0.3) is 0 Å². The fourth-order valence-electron chi connectivity index (χ4n) is 2.89. The van der Waals surface area contributed by atoms with E-state index in [0.29, 0.717) is 5.89 Å². The van der Waals surface area contributed by atoms with Crippen LogP contribution in [0, 0.1) is 0 Å². The van der Waals surface area contributed by atoms with Crippen LogP contribution >= 0.6 is 0 Å². The van der Waals surface area contributed by atoms with Gasteiger partial charge < -0.3 is 13.9 Å². The number of benzene rings is 1. The predicted molar refractivity (Wildman–Crippen MR) is 83.8 cm³/mol. The molecule has 1 aliphatic rings. The van der Waals surface area contributed by atoms with Crippen molar-refractivity contribution in [3.8, 4) is 17.2 Å². The third-order valence-corrected chi connectivity index (χ3v) is 3.77. The van der Waals surface area contributed by atoms with Gasteiger partial charge in [-0.1, -0.05) is 0 Å². The van der Waals surface area contributed by atoms with Gasteiger partial charge in [-0.15, -0.1) is 0 Å². The van der Waals surface area contributed by atoms with Crippen molar-refractivity contribution in [2.24, 2.45) is 0 Å². The maximum atomic E-state index is 5.75. The van der Waals surface area contributed by atoms with Crippen LogP contribution in [0.3, 0.4) is 0 Å². The van der Waals surface area contributed by atoms with Crippen LogP contribution in [-0.2, 0) is 11.3 Å². The van der Waals surface area contributed by atoms with Crippen LogP contribution in [0.5, 0.6) is 5.75 Å². The Morgan fingerprint density at radius 2 is 1.86 bits per heavy atom. The van der Waals surface area contributed by atoms with E-state index in [0.717, 1.165) is 36.6 Å². The summed E-state index contributed by atoms with van der Waals surface area (Å²) in [4.78, 5) is 6.95. The molecule has 5 nitrogen and oxygen atoms in total. The molecule has 0 amide bonds. The van der Waals surface area contributed by atoms with Crippen molar-refractivity contribution in [2.45, 2.75) is 32.6 Å². The van der Waals surface area contributed by atoms with Gasteiger partial charge in [0, 0.05) is 25.2 Å². The molecule has 1 aromatic carbocycles. The van der Waals surface area contributed by atoms with Gasteiger partial charge in [0.2, 0.25) is 5.89 Å². The smallest absolute Gasteiger partial charge is 0.226 e. The molecule has 2 atom stereocenters. The van der Waals surface area contributed by atoms with E-state index < -0.39 is 0 Å². The highest BCUT2D eigenvalue weighted by Crippen LogP contribution is 2.22. The van der Waals surface area contributed by atoms with E-state index in [1.54, 1.807) is 13.4 Å². The number of rotatable bonds is 4. The van der Waals surface area contributed by atoms with E-state index in [-0.39, 0.29) is 12.2 Å². The van der Waals surface area contributed by atoms with Crippen molar-refractivity contribution >= 4 is 0 Å². The minimum atomic E-state index is 0.261. The van der Waals surface area contributed by atoms with Crippen molar-refractivity contribution in [3.63, 3.8) is 0 Å². The number of methoxy groups -OCH3 is 1. The average Bonchev–Trinajstić information content (AvgIpc) is 2.95. The Kier molecular flexibility index (Phi) is 4.45. The molecule has 2 aromatic rings. The molecule has 2 heterocycles. The lowest BCUT2D eigenvalue weighted by atomic mass is 10.2. The van der Waals surface area contributed by atoms with Gasteiger partial charge in [0.1, 0.15) is 12.0 Å². The Morgan fingerprint density at radius 3 is 2.50 bits per heavy atom.